The van der Waals surface area contributed by atoms with Gasteiger partial charge < -0.3 is 4.74 Å². The second-order valence-electron chi connectivity index (χ2n) is 3.79. The summed E-state index contributed by atoms with van der Waals surface area (Å²) in [6.45, 7) is 1.83. The Labute approximate surface area is 99.6 Å². The Bertz CT molecular complexity index is 534. The number of benzene rings is 2. The molecule has 1 aliphatic heterocycles. The maximum atomic E-state index is 6.00. The Morgan fingerprint density at radius 1 is 1.06 bits per heavy atom. The maximum absolute atomic E-state index is 6.00. The Morgan fingerprint density at radius 2 is 1.94 bits per heavy atom. The van der Waals surface area contributed by atoms with E-state index in [4.69, 9.17) is 16.3 Å². The molecule has 1 heterocycles. The van der Waals surface area contributed by atoms with Crippen LogP contribution in [0, 0.1) is 6.61 Å². The van der Waals surface area contributed by atoms with Gasteiger partial charge in [-0.05, 0) is 23.3 Å². The molecule has 1 nitrogen and oxygen atoms in total. The van der Waals surface area contributed by atoms with Crippen molar-refractivity contribution in [2.24, 2.45) is 0 Å². The molecule has 2 aromatic rings. The molecule has 1 radical (unpaired) electrons. The van der Waals surface area contributed by atoms with E-state index in [-0.39, 0.29) is 0 Å². The van der Waals surface area contributed by atoms with Gasteiger partial charge in [0.2, 0.25) is 0 Å². The number of halogens is 1. The van der Waals surface area contributed by atoms with Crippen molar-refractivity contribution in [2.75, 3.05) is 0 Å². The van der Waals surface area contributed by atoms with Gasteiger partial charge in [-0.25, -0.2) is 0 Å². The molecule has 0 saturated heterocycles. The maximum Gasteiger partial charge on any atom is 0.140 e. The number of hydrogen-bond donors (Lipinski definition) is 0. The van der Waals surface area contributed by atoms with E-state index in [0.717, 1.165) is 28.3 Å². The summed E-state index contributed by atoms with van der Waals surface area (Å²) >= 11 is 6.00. The fraction of sp³-hybridized carbons (Fsp3) is 0.0714. The lowest BCUT2D eigenvalue weighted by Crippen LogP contribution is -1.84. The molecule has 0 spiro atoms. The molecule has 0 saturated carbocycles. The van der Waals surface area contributed by atoms with Gasteiger partial charge in [-0.3, -0.25) is 0 Å². The average Bonchev–Trinajstić information content (AvgIpc) is 2.76. The van der Waals surface area contributed by atoms with Gasteiger partial charge in [0.15, 0.2) is 0 Å². The molecule has 0 aromatic heterocycles. The first kappa shape index (κ1) is 9.73. The van der Waals surface area contributed by atoms with Crippen molar-refractivity contribution >= 4 is 11.6 Å². The molecule has 16 heavy (non-hydrogen) atoms. The van der Waals surface area contributed by atoms with Crippen molar-refractivity contribution in [2.45, 2.75) is 6.42 Å². The van der Waals surface area contributed by atoms with Crippen molar-refractivity contribution < 1.29 is 4.74 Å². The first-order valence-electron chi connectivity index (χ1n) is 5.21. The minimum absolute atomic E-state index is 0.747. The zero-order valence-electron chi connectivity index (χ0n) is 8.61. The van der Waals surface area contributed by atoms with Crippen molar-refractivity contribution in [3.05, 3.63) is 59.7 Å². The molecular weight excluding hydrogens is 220 g/mol. The third-order valence-corrected chi connectivity index (χ3v) is 2.97. The lowest BCUT2D eigenvalue weighted by Gasteiger charge is -2.07. The van der Waals surface area contributed by atoms with Crippen LogP contribution in [-0.2, 0) is 6.42 Å². The Kier molecular flexibility index (Phi) is 2.33. The van der Waals surface area contributed by atoms with E-state index in [9.17, 15) is 0 Å². The van der Waals surface area contributed by atoms with Crippen LogP contribution in [0.2, 0.25) is 5.02 Å². The van der Waals surface area contributed by atoms with E-state index in [2.05, 4.69) is 18.2 Å². The molecule has 0 fully saturated rings. The molecule has 0 bridgehead atoms. The third-order valence-electron chi connectivity index (χ3n) is 2.74. The summed E-state index contributed by atoms with van der Waals surface area (Å²) in [7, 11) is 0. The van der Waals surface area contributed by atoms with Gasteiger partial charge in [0.25, 0.3) is 0 Å². The summed E-state index contributed by atoms with van der Waals surface area (Å²) in [5, 5.41) is 0.747. The second-order valence-corrected chi connectivity index (χ2v) is 4.23. The van der Waals surface area contributed by atoms with E-state index in [0.29, 0.717) is 0 Å². The molecule has 0 amide bonds. The van der Waals surface area contributed by atoms with Crippen LogP contribution in [0.4, 0.5) is 0 Å². The van der Waals surface area contributed by atoms with Crippen LogP contribution >= 0.6 is 11.6 Å². The van der Waals surface area contributed by atoms with Gasteiger partial charge >= 0.3 is 0 Å². The molecule has 3 rings (SSSR count). The lowest BCUT2D eigenvalue weighted by atomic mass is 10.0. The van der Waals surface area contributed by atoms with Crippen LogP contribution in [0.1, 0.15) is 5.56 Å². The number of ether oxygens (including phenoxy) is 1. The molecular formula is C14H10ClO. The highest BCUT2D eigenvalue weighted by Gasteiger charge is 2.17. The molecule has 0 unspecified atom stereocenters. The SMILES string of the molecule is Clc1cccc(-c2cccc3c2O[CH]C3)c1. The summed E-state index contributed by atoms with van der Waals surface area (Å²) in [5.74, 6) is 0.963. The molecule has 1 aliphatic rings. The molecule has 2 aromatic carbocycles. The quantitative estimate of drug-likeness (QED) is 0.715. The summed E-state index contributed by atoms with van der Waals surface area (Å²) < 4.78 is 5.56. The van der Waals surface area contributed by atoms with E-state index in [1.54, 1.807) is 0 Å². The highest BCUT2D eigenvalue weighted by molar-refractivity contribution is 6.30. The lowest BCUT2D eigenvalue weighted by molar-refractivity contribution is 0.436. The van der Waals surface area contributed by atoms with Gasteiger partial charge in [0, 0.05) is 17.0 Å². The smallest absolute Gasteiger partial charge is 0.140 e. The topological polar surface area (TPSA) is 9.23 Å². The van der Waals surface area contributed by atoms with Crippen molar-refractivity contribution in [1.82, 2.24) is 0 Å². The van der Waals surface area contributed by atoms with E-state index in [1.807, 2.05) is 30.9 Å². The Hall–Kier alpha value is -1.47. The zero-order valence-corrected chi connectivity index (χ0v) is 9.37. The fourth-order valence-electron chi connectivity index (χ4n) is 1.98. The Morgan fingerprint density at radius 3 is 2.81 bits per heavy atom. The molecule has 79 valence electrons. The van der Waals surface area contributed by atoms with Crippen LogP contribution in [0.15, 0.2) is 42.5 Å². The largest absolute Gasteiger partial charge is 0.485 e. The fourth-order valence-corrected chi connectivity index (χ4v) is 2.17. The van der Waals surface area contributed by atoms with E-state index >= 15 is 0 Å². The first-order valence-corrected chi connectivity index (χ1v) is 5.58. The van der Waals surface area contributed by atoms with Gasteiger partial charge in [-0.1, -0.05) is 41.9 Å². The van der Waals surface area contributed by atoms with Gasteiger partial charge in [0.05, 0.1) is 0 Å². The van der Waals surface area contributed by atoms with Crippen LogP contribution in [0.3, 0.4) is 0 Å². The van der Waals surface area contributed by atoms with Crippen LogP contribution in [0.5, 0.6) is 5.75 Å². The van der Waals surface area contributed by atoms with E-state index in [1.165, 1.54) is 5.56 Å². The average molecular weight is 230 g/mol. The third kappa shape index (κ3) is 1.57. The number of rotatable bonds is 1. The monoisotopic (exact) mass is 229 g/mol. The summed E-state index contributed by atoms with van der Waals surface area (Å²) in [5.41, 5.74) is 3.44. The minimum Gasteiger partial charge on any atom is -0.485 e. The molecule has 0 aliphatic carbocycles. The zero-order chi connectivity index (χ0) is 11.0. The van der Waals surface area contributed by atoms with Crippen LogP contribution < -0.4 is 4.74 Å². The molecule has 0 N–H and O–H groups in total. The number of para-hydroxylation sites is 1. The number of hydrogen-bond acceptors (Lipinski definition) is 1. The predicted octanol–water partition coefficient (Wildman–Crippen LogP) is 4.10. The van der Waals surface area contributed by atoms with Crippen molar-refractivity contribution in [3.8, 4) is 16.9 Å². The minimum atomic E-state index is 0.747. The summed E-state index contributed by atoms with van der Waals surface area (Å²) in [4.78, 5) is 0. The van der Waals surface area contributed by atoms with Gasteiger partial charge in [-0.2, -0.15) is 0 Å². The number of fused-ring (bicyclic) bond motifs is 1. The van der Waals surface area contributed by atoms with Gasteiger partial charge in [-0.15, -0.1) is 0 Å². The standard InChI is InChI=1S/C14H10ClO/c15-12-5-1-4-11(9-12)13-6-2-3-10-7-8-16-14(10)13/h1-6,8-9H,7H2. The molecule has 2 heteroatoms. The highest BCUT2D eigenvalue weighted by Crippen LogP contribution is 2.38. The second kappa shape index (κ2) is 3.84. The van der Waals surface area contributed by atoms with Crippen molar-refractivity contribution in [3.63, 3.8) is 0 Å². The van der Waals surface area contributed by atoms with Gasteiger partial charge in [0.1, 0.15) is 12.4 Å². The van der Waals surface area contributed by atoms with Crippen LogP contribution in [0.25, 0.3) is 11.1 Å². The van der Waals surface area contributed by atoms with Crippen molar-refractivity contribution in [1.29, 1.82) is 0 Å². The predicted molar refractivity (Wildman–Crippen MR) is 65.5 cm³/mol. The van der Waals surface area contributed by atoms with E-state index < -0.39 is 0 Å². The Balaban J connectivity index is 2.17. The highest BCUT2D eigenvalue weighted by atomic mass is 35.5. The molecule has 0 atom stereocenters. The normalized spacial score (nSPS) is 13.3. The summed E-state index contributed by atoms with van der Waals surface area (Å²) in [6.07, 6.45) is 0.879. The van der Waals surface area contributed by atoms with Crippen LogP contribution in [-0.4, -0.2) is 0 Å². The first-order chi connectivity index (χ1) is 7.84. The summed E-state index contributed by atoms with van der Waals surface area (Å²) in [6, 6.07) is 14.0.